The van der Waals surface area contributed by atoms with Gasteiger partial charge >= 0.3 is 0 Å². The van der Waals surface area contributed by atoms with Crippen LogP contribution in [0.2, 0.25) is 0 Å². The predicted molar refractivity (Wildman–Crippen MR) is 37.3 cm³/mol. The molecule has 0 aliphatic carbocycles. The van der Waals surface area contributed by atoms with Crippen molar-refractivity contribution in [2.24, 2.45) is 0 Å². The van der Waals surface area contributed by atoms with E-state index in [-0.39, 0.29) is 18.3 Å². The van der Waals surface area contributed by atoms with Crippen LogP contribution in [-0.4, -0.2) is 34.6 Å². The Morgan fingerprint density at radius 2 is 2.33 bits per heavy atom. The minimum atomic E-state index is -0.533. The molecule has 0 aliphatic heterocycles. The summed E-state index contributed by atoms with van der Waals surface area (Å²) in [6.45, 7) is 1.47. The summed E-state index contributed by atoms with van der Waals surface area (Å²) in [5, 5.41) is 17.1. The van der Waals surface area contributed by atoms with Gasteiger partial charge in [0.2, 0.25) is 0 Å². The lowest BCUT2D eigenvalue weighted by molar-refractivity contribution is 0.113. The van der Waals surface area contributed by atoms with Gasteiger partial charge in [0.15, 0.2) is 5.05 Å². The Kier molecular flexibility index (Phi) is 4.57. The van der Waals surface area contributed by atoms with Crippen LogP contribution in [0.4, 0.5) is 0 Å². The monoisotopic (exact) mass is 150 g/mol. The fourth-order valence-corrected chi connectivity index (χ4v) is 0.327. The van der Waals surface area contributed by atoms with Gasteiger partial charge in [-0.25, -0.2) is 0 Å². The minimum Gasteiger partial charge on any atom is -0.482 e. The van der Waals surface area contributed by atoms with Crippen molar-refractivity contribution in [3.63, 3.8) is 0 Å². The van der Waals surface area contributed by atoms with Gasteiger partial charge in [0.25, 0.3) is 0 Å². The first-order valence-corrected chi connectivity index (χ1v) is 3.02. The molecule has 0 rings (SSSR count). The maximum Gasteiger partial charge on any atom is 0.185 e. The molecule has 1 unspecified atom stereocenters. The number of ether oxygens (including phenoxy) is 1. The summed E-state index contributed by atoms with van der Waals surface area (Å²) >= 11 is 4.49. The largest absolute Gasteiger partial charge is 0.482 e. The molecule has 0 aromatic carbocycles. The third-order valence-electron chi connectivity index (χ3n) is 0.615. The fraction of sp³-hybridized carbons (Fsp3) is 0.800. The smallest absolute Gasteiger partial charge is 0.185 e. The second kappa shape index (κ2) is 4.67. The highest BCUT2D eigenvalue weighted by molar-refractivity contribution is 7.80. The molecule has 2 N–H and O–H groups in total. The fourth-order valence-electron chi connectivity index (χ4n) is 0.259. The van der Waals surface area contributed by atoms with Gasteiger partial charge < -0.3 is 14.9 Å². The van der Waals surface area contributed by atoms with Gasteiger partial charge in [-0.15, -0.1) is 0 Å². The summed E-state index contributed by atoms with van der Waals surface area (Å²) in [5.74, 6) is 0. The average Bonchev–Trinajstić information content (AvgIpc) is 1.83. The van der Waals surface area contributed by atoms with Gasteiger partial charge in [-0.2, -0.15) is 0 Å². The maximum atomic E-state index is 8.63. The van der Waals surface area contributed by atoms with E-state index < -0.39 is 6.10 Å². The zero-order chi connectivity index (χ0) is 7.28. The quantitative estimate of drug-likeness (QED) is 0.542. The number of hydrogen-bond donors (Lipinski definition) is 2. The van der Waals surface area contributed by atoms with E-state index in [2.05, 4.69) is 17.0 Å². The van der Waals surface area contributed by atoms with Gasteiger partial charge in [-0.1, -0.05) is 0 Å². The average molecular weight is 150 g/mol. The van der Waals surface area contributed by atoms with Gasteiger partial charge in [-0.3, -0.25) is 0 Å². The highest BCUT2D eigenvalue weighted by Gasteiger charge is 1.97. The molecule has 0 heterocycles. The van der Waals surface area contributed by atoms with Crippen LogP contribution in [0, 0.1) is 0 Å². The van der Waals surface area contributed by atoms with E-state index in [0.717, 1.165) is 0 Å². The number of aliphatic hydroxyl groups is 2. The van der Waals surface area contributed by atoms with Crippen LogP contribution in [0.15, 0.2) is 0 Å². The van der Waals surface area contributed by atoms with Crippen molar-refractivity contribution < 1.29 is 14.9 Å². The van der Waals surface area contributed by atoms with Crippen LogP contribution >= 0.6 is 12.2 Å². The molecule has 54 valence electrons. The first-order valence-electron chi connectivity index (χ1n) is 2.61. The molecule has 3 nitrogen and oxygen atoms in total. The molecule has 0 saturated heterocycles. The standard InChI is InChI=1S/C5H10O3S/c1-4(7)3-8-5(9)2-6/h4,6-7H,2-3H2,1H3. The number of rotatable bonds is 3. The van der Waals surface area contributed by atoms with E-state index >= 15 is 0 Å². The Balaban J connectivity index is 3.17. The molecule has 0 aromatic heterocycles. The summed E-state index contributed by atoms with van der Waals surface area (Å²) in [5.41, 5.74) is 0. The highest BCUT2D eigenvalue weighted by Crippen LogP contribution is 1.85. The second-order valence-corrected chi connectivity index (χ2v) is 2.15. The van der Waals surface area contributed by atoms with Crippen LogP contribution in [0.3, 0.4) is 0 Å². The zero-order valence-electron chi connectivity index (χ0n) is 5.20. The van der Waals surface area contributed by atoms with Crippen molar-refractivity contribution in [1.29, 1.82) is 0 Å². The Labute approximate surface area is 59.3 Å². The minimum absolute atomic E-state index is 0.121. The molecule has 0 spiro atoms. The molecule has 0 fully saturated rings. The molecule has 9 heavy (non-hydrogen) atoms. The SMILES string of the molecule is CC(O)COC(=S)CO. The van der Waals surface area contributed by atoms with Crippen LogP contribution in [-0.2, 0) is 4.74 Å². The van der Waals surface area contributed by atoms with Crippen LogP contribution in [0.25, 0.3) is 0 Å². The van der Waals surface area contributed by atoms with Crippen molar-refractivity contribution in [2.75, 3.05) is 13.2 Å². The summed E-state index contributed by atoms with van der Waals surface area (Å²) in [6.07, 6.45) is -0.533. The zero-order valence-corrected chi connectivity index (χ0v) is 6.02. The van der Waals surface area contributed by atoms with E-state index in [4.69, 9.17) is 10.2 Å². The van der Waals surface area contributed by atoms with Crippen molar-refractivity contribution in [3.8, 4) is 0 Å². The van der Waals surface area contributed by atoms with Crippen LogP contribution < -0.4 is 0 Å². The van der Waals surface area contributed by atoms with Crippen molar-refractivity contribution in [1.82, 2.24) is 0 Å². The van der Waals surface area contributed by atoms with E-state index in [0.29, 0.717) is 0 Å². The Hall–Kier alpha value is -0.190. The molecule has 4 heteroatoms. The van der Waals surface area contributed by atoms with Gasteiger partial charge in [-0.05, 0) is 19.1 Å². The van der Waals surface area contributed by atoms with E-state index in [1.54, 1.807) is 6.92 Å². The number of aliphatic hydroxyl groups excluding tert-OH is 2. The molecule has 0 amide bonds. The predicted octanol–water partition coefficient (Wildman–Crippen LogP) is -0.296. The Morgan fingerprint density at radius 3 is 2.67 bits per heavy atom. The Bertz CT molecular complexity index is 92.2. The molecule has 1 atom stereocenters. The summed E-state index contributed by atoms with van der Waals surface area (Å²) in [4.78, 5) is 0. The first-order chi connectivity index (χ1) is 4.16. The Morgan fingerprint density at radius 1 is 1.78 bits per heavy atom. The third-order valence-corrected chi connectivity index (χ3v) is 0.862. The lowest BCUT2D eigenvalue weighted by Crippen LogP contribution is -2.15. The lowest BCUT2D eigenvalue weighted by Gasteiger charge is -2.05. The molecule has 0 aromatic rings. The van der Waals surface area contributed by atoms with Gasteiger partial charge in [0, 0.05) is 0 Å². The molecule has 0 bridgehead atoms. The molecular formula is C5H10O3S. The molecule has 0 aliphatic rings. The lowest BCUT2D eigenvalue weighted by atomic mass is 10.4. The van der Waals surface area contributed by atoms with E-state index in [9.17, 15) is 0 Å². The van der Waals surface area contributed by atoms with Crippen molar-refractivity contribution in [2.45, 2.75) is 13.0 Å². The maximum absolute atomic E-state index is 8.63. The summed E-state index contributed by atoms with van der Waals surface area (Å²) in [7, 11) is 0. The molecule has 0 radical (unpaired) electrons. The van der Waals surface area contributed by atoms with Crippen LogP contribution in [0.1, 0.15) is 6.92 Å². The molecule has 0 saturated carbocycles. The number of hydrogen-bond acceptors (Lipinski definition) is 4. The summed E-state index contributed by atoms with van der Waals surface area (Å²) < 4.78 is 4.68. The van der Waals surface area contributed by atoms with Gasteiger partial charge in [0.05, 0.1) is 6.10 Å². The summed E-state index contributed by atoms with van der Waals surface area (Å²) in [6, 6.07) is 0. The topological polar surface area (TPSA) is 49.7 Å². The normalized spacial score (nSPS) is 12.8. The van der Waals surface area contributed by atoms with Crippen LogP contribution in [0.5, 0.6) is 0 Å². The highest BCUT2D eigenvalue weighted by atomic mass is 32.1. The van der Waals surface area contributed by atoms with Crippen molar-refractivity contribution >= 4 is 17.3 Å². The van der Waals surface area contributed by atoms with E-state index in [1.807, 2.05) is 0 Å². The molecular weight excluding hydrogens is 140 g/mol. The third kappa shape index (κ3) is 5.68. The second-order valence-electron chi connectivity index (χ2n) is 1.69. The first kappa shape index (κ1) is 8.81. The number of thiocarbonyl (C=S) groups is 1. The van der Waals surface area contributed by atoms with E-state index in [1.165, 1.54) is 0 Å². The van der Waals surface area contributed by atoms with Gasteiger partial charge in [0.1, 0.15) is 13.2 Å². The van der Waals surface area contributed by atoms with Crippen molar-refractivity contribution in [3.05, 3.63) is 0 Å².